The molecule has 0 aliphatic rings. The van der Waals surface area contributed by atoms with Crippen LogP contribution in [0.1, 0.15) is 5.56 Å². The quantitative estimate of drug-likeness (QED) is 0.615. The molecule has 0 aromatic heterocycles. The number of ether oxygens (including phenoxy) is 1. The van der Waals surface area contributed by atoms with E-state index in [4.69, 9.17) is 5.41 Å². The van der Waals surface area contributed by atoms with Crippen LogP contribution >= 0.6 is 0 Å². The van der Waals surface area contributed by atoms with Crippen molar-refractivity contribution in [1.29, 1.82) is 5.41 Å². The maximum Gasteiger partial charge on any atom is 0.461 e. The van der Waals surface area contributed by atoms with Crippen molar-refractivity contribution in [1.82, 2.24) is 0 Å². The molecule has 0 unspecified atom stereocenters. The summed E-state index contributed by atoms with van der Waals surface area (Å²) in [5.41, 5.74) is 0.461. The monoisotopic (exact) mass is 221 g/mol. The van der Waals surface area contributed by atoms with E-state index in [0.29, 0.717) is 5.56 Å². The Labute approximate surface area is 83.0 Å². The van der Waals surface area contributed by atoms with Crippen LogP contribution < -0.4 is 4.74 Å². The van der Waals surface area contributed by atoms with E-state index in [9.17, 15) is 17.6 Å². The molecule has 0 amide bonds. The first-order valence-electron chi connectivity index (χ1n) is 3.91. The summed E-state index contributed by atoms with van der Waals surface area (Å²) < 4.78 is 52.1. The van der Waals surface area contributed by atoms with E-state index in [1.54, 1.807) is 0 Å². The van der Waals surface area contributed by atoms with Gasteiger partial charge in [0, 0.05) is 6.21 Å². The van der Waals surface area contributed by atoms with Gasteiger partial charge >= 0.3 is 12.5 Å². The summed E-state index contributed by atoms with van der Waals surface area (Å²) in [5.74, 6) is -0.370. The molecule has 82 valence electrons. The minimum atomic E-state index is -4.49. The summed E-state index contributed by atoms with van der Waals surface area (Å²) >= 11 is 0. The second kappa shape index (κ2) is 4.29. The third kappa shape index (κ3) is 2.93. The molecule has 0 radical (unpaired) electrons. The number of halogens is 4. The maximum atomic E-state index is 12.4. The van der Waals surface area contributed by atoms with Gasteiger partial charge in [0.2, 0.25) is 0 Å². The molecular formula is C9H7F4NO. The van der Waals surface area contributed by atoms with E-state index < -0.39 is 12.5 Å². The van der Waals surface area contributed by atoms with Gasteiger partial charge < -0.3 is 10.1 Å². The molecule has 1 aromatic carbocycles. The Bertz CT molecular complexity index is 336. The highest BCUT2D eigenvalue weighted by Crippen LogP contribution is 2.27. The normalized spacial score (nSPS) is 11.5. The molecule has 0 saturated heterocycles. The largest absolute Gasteiger partial charge is 0.461 e. The van der Waals surface area contributed by atoms with Gasteiger partial charge in [-0.2, -0.15) is 17.6 Å². The van der Waals surface area contributed by atoms with Crippen molar-refractivity contribution in [2.45, 2.75) is 12.5 Å². The first-order valence-corrected chi connectivity index (χ1v) is 3.91. The summed E-state index contributed by atoms with van der Waals surface area (Å²) in [6, 6.07) is 4.81. The molecule has 0 aliphatic heterocycles. The van der Waals surface area contributed by atoms with Crippen molar-refractivity contribution < 1.29 is 22.3 Å². The molecule has 0 bridgehead atoms. The molecule has 2 nitrogen and oxygen atoms in total. The highest BCUT2D eigenvalue weighted by Gasteiger charge is 2.43. The molecule has 0 atom stereocenters. The van der Waals surface area contributed by atoms with E-state index in [0.717, 1.165) is 18.3 Å². The lowest BCUT2D eigenvalue weighted by molar-refractivity contribution is -0.253. The van der Waals surface area contributed by atoms with Crippen molar-refractivity contribution in [3.63, 3.8) is 0 Å². The molecule has 1 aromatic rings. The third-order valence-corrected chi connectivity index (χ3v) is 1.55. The van der Waals surface area contributed by atoms with Crippen LogP contribution in [-0.2, 0) is 0 Å². The van der Waals surface area contributed by atoms with Crippen LogP contribution in [-0.4, -0.2) is 18.7 Å². The lowest BCUT2D eigenvalue weighted by Gasteiger charge is -2.16. The molecule has 6 heteroatoms. The Morgan fingerprint density at radius 2 is 1.73 bits per heavy atom. The zero-order valence-electron chi connectivity index (χ0n) is 7.38. The molecule has 0 fully saturated rings. The van der Waals surface area contributed by atoms with Crippen LogP contribution in [0.25, 0.3) is 0 Å². The molecule has 1 N–H and O–H groups in total. The first-order chi connectivity index (χ1) is 6.95. The number of benzene rings is 1. The van der Waals surface area contributed by atoms with E-state index in [1.165, 1.54) is 12.1 Å². The first kappa shape index (κ1) is 11.5. The topological polar surface area (TPSA) is 33.1 Å². The van der Waals surface area contributed by atoms with Gasteiger partial charge in [0.1, 0.15) is 5.75 Å². The van der Waals surface area contributed by atoms with Crippen molar-refractivity contribution in [3.8, 4) is 5.75 Å². The van der Waals surface area contributed by atoms with Gasteiger partial charge in [-0.15, -0.1) is 0 Å². The van der Waals surface area contributed by atoms with Crippen molar-refractivity contribution in [2.24, 2.45) is 0 Å². The van der Waals surface area contributed by atoms with Crippen LogP contribution in [0, 0.1) is 5.41 Å². The van der Waals surface area contributed by atoms with Gasteiger partial charge in [0.05, 0.1) is 0 Å². The average molecular weight is 221 g/mol. The Kier molecular flexibility index (Phi) is 3.28. The third-order valence-electron chi connectivity index (χ3n) is 1.55. The SMILES string of the molecule is N=Cc1ccc(OC(F)(F)C(F)F)cc1. The molecule has 1 rings (SSSR count). The molecule has 0 saturated carbocycles. The smallest absolute Gasteiger partial charge is 0.428 e. The fourth-order valence-electron chi connectivity index (χ4n) is 0.834. The predicted octanol–water partition coefficient (Wildman–Crippen LogP) is 2.92. The van der Waals surface area contributed by atoms with Crippen molar-refractivity contribution in [2.75, 3.05) is 0 Å². The summed E-state index contributed by atoms with van der Waals surface area (Å²) in [7, 11) is 0. The molecule has 15 heavy (non-hydrogen) atoms. The summed E-state index contributed by atoms with van der Waals surface area (Å²) in [5, 5.41) is 6.83. The molecule has 0 aliphatic carbocycles. The Hall–Kier alpha value is -1.59. The standard InChI is InChI=1S/C9H7F4NO/c10-8(11)9(12,13)15-7-3-1-6(5-14)2-4-7/h1-5,8,14H. The molecular weight excluding hydrogens is 214 g/mol. The van der Waals surface area contributed by atoms with Crippen LogP contribution in [0.5, 0.6) is 5.75 Å². The van der Waals surface area contributed by atoms with Gasteiger partial charge in [-0.1, -0.05) is 0 Å². The summed E-state index contributed by atoms with van der Waals surface area (Å²) in [4.78, 5) is 0. The van der Waals surface area contributed by atoms with Gasteiger partial charge in [0.25, 0.3) is 0 Å². The number of alkyl halides is 4. The fraction of sp³-hybridized carbons (Fsp3) is 0.222. The lowest BCUT2D eigenvalue weighted by atomic mass is 10.2. The molecule has 0 spiro atoms. The second-order valence-electron chi connectivity index (χ2n) is 2.68. The molecule has 0 heterocycles. The average Bonchev–Trinajstić information content (AvgIpc) is 2.18. The van der Waals surface area contributed by atoms with Crippen molar-refractivity contribution in [3.05, 3.63) is 29.8 Å². The van der Waals surface area contributed by atoms with Crippen LogP contribution in [0.4, 0.5) is 17.6 Å². The Balaban J connectivity index is 2.77. The number of hydrogen-bond donors (Lipinski definition) is 1. The second-order valence-corrected chi connectivity index (χ2v) is 2.68. The predicted molar refractivity (Wildman–Crippen MR) is 45.9 cm³/mol. The number of hydrogen-bond acceptors (Lipinski definition) is 2. The van der Waals surface area contributed by atoms with Crippen LogP contribution in [0.15, 0.2) is 24.3 Å². The van der Waals surface area contributed by atoms with E-state index in [1.807, 2.05) is 0 Å². The van der Waals surface area contributed by atoms with Gasteiger partial charge in [0.15, 0.2) is 0 Å². The summed E-state index contributed by atoms with van der Waals surface area (Å²) in [6.45, 7) is 0. The minimum absolute atomic E-state index is 0.370. The summed E-state index contributed by atoms with van der Waals surface area (Å²) in [6.07, 6.45) is -7.37. The van der Waals surface area contributed by atoms with Gasteiger partial charge in [-0.3, -0.25) is 0 Å². The highest BCUT2D eigenvalue weighted by molar-refractivity contribution is 5.76. The Morgan fingerprint density at radius 1 is 1.20 bits per heavy atom. The van der Waals surface area contributed by atoms with Gasteiger partial charge in [-0.05, 0) is 29.8 Å². The van der Waals surface area contributed by atoms with Gasteiger partial charge in [-0.25, -0.2) is 0 Å². The maximum absolute atomic E-state index is 12.4. The van der Waals surface area contributed by atoms with E-state index in [-0.39, 0.29) is 5.75 Å². The van der Waals surface area contributed by atoms with Crippen LogP contribution in [0.3, 0.4) is 0 Å². The minimum Gasteiger partial charge on any atom is -0.428 e. The number of rotatable bonds is 4. The highest BCUT2D eigenvalue weighted by atomic mass is 19.3. The zero-order valence-corrected chi connectivity index (χ0v) is 7.38. The van der Waals surface area contributed by atoms with E-state index in [2.05, 4.69) is 4.74 Å². The van der Waals surface area contributed by atoms with E-state index >= 15 is 0 Å². The number of nitrogens with one attached hydrogen (secondary N) is 1. The van der Waals surface area contributed by atoms with Crippen molar-refractivity contribution >= 4 is 6.21 Å². The Morgan fingerprint density at radius 3 is 2.13 bits per heavy atom. The van der Waals surface area contributed by atoms with Crippen LogP contribution in [0.2, 0.25) is 0 Å². The zero-order chi connectivity index (χ0) is 11.5. The fourth-order valence-corrected chi connectivity index (χ4v) is 0.834. The lowest BCUT2D eigenvalue weighted by Crippen LogP contribution is -2.33.